The van der Waals surface area contributed by atoms with Gasteiger partial charge in [0, 0.05) is 19.3 Å². The van der Waals surface area contributed by atoms with Crippen LogP contribution >= 0.6 is 0 Å². The predicted octanol–water partition coefficient (Wildman–Crippen LogP) is 17.6. The van der Waals surface area contributed by atoms with Crippen molar-refractivity contribution in [2.45, 2.75) is 252 Å². The normalized spacial score (nSPS) is 12.7. The summed E-state index contributed by atoms with van der Waals surface area (Å²) in [6.45, 7) is 6.44. The van der Waals surface area contributed by atoms with Crippen molar-refractivity contribution in [3.8, 4) is 0 Å². The first-order chi connectivity index (χ1) is 31.5. The van der Waals surface area contributed by atoms with Crippen molar-refractivity contribution in [2.75, 3.05) is 13.2 Å². The van der Waals surface area contributed by atoms with Crippen LogP contribution in [0, 0.1) is 0 Å². The Morgan fingerprint density at radius 2 is 0.609 bits per heavy atom. The summed E-state index contributed by atoms with van der Waals surface area (Å²) >= 11 is 0. The molecule has 0 spiro atoms. The van der Waals surface area contributed by atoms with Crippen LogP contribution in [-0.4, -0.2) is 37.2 Å². The minimum absolute atomic E-state index is 0.0978. The van der Waals surface area contributed by atoms with Gasteiger partial charge >= 0.3 is 17.9 Å². The van der Waals surface area contributed by atoms with Crippen LogP contribution in [0.5, 0.6) is 0 Å². The molecule has 0 fully saturated rings. The van der Waals surface area contributed by atoms with E-state index < -0.39 is 6.10 Å². The first-order valence-corrected chi connectivity index (χ1v) is 26.7. The van der Waals surface area contributed by atoms with Gasteiger partial charge in [0.15, 0.2) is 6.10 Å². The van der Waals surface area contributed by atoms with E-state index in [1.807, 2.05) is 48.6 Å². The number of allylic oxidation sites excluding steroid dienone is 14. The maximum Gasteiger partial charge on any atom is 0.306 e. The van der Waals surface area contributed by atoms with Crippen molar-refractivity contribution in [3.63, 3.8) is 0 Å². The van der Waals surface area contributed by atoms with E-state index in [1.165, 1.54) is 116 Å². The summed E-state index contributed by atoms with van der Waals surface area (Å²) in [6, 6.07) is 0. The van der Waals surface area contributed by atoms with Gasteiger partial charge < -0.3 is 14.2 Å². The lowest BCUT2D eigenvalue weighted by atomic mass is 10.0. The van der Waals surface area contributed by atoms with Crippen molar-refractivity contribution >= 4 is 17.9 Å². The first-order valence-electron chi connectivity index (χ1n) is 26.7. The van der Waals surface area contributed by atoms with Crippen LogP contribution in [0.25, 0.3) is 0 Å². The van der Waals surface area contributed by atoms with Crippen LogP contribution in [0.3, 0.4) is 0 Å². The van der Waals surface area contributed by atoms with E-state index in [2.05, 4.69) is 57.2 Å². The predicted molar refractivity (Wildman–Crippen MR) is 274 cm³/mol. The Balaban J connectivity index is 4.47. The molecule has 6 nitrogen and oxygen atoms in total. The Morgan fingerprint density at radius 1 is 0.328 bits per heavy atom. The number of esters is 3. The molecule has 0 aliphatic carbocycles. The van der Waals surface area contributed by atoms with E-state index in [0.717, 1.165) is 83.5 Å². The second-order valence-corrected chi connectivity index (χ2v) is 17.6. The molecule has 64 heavy (non-hydrogen) atoms. The lowest BCUT2D eigenvalue weighted by Crippen LogP contribution is -2.30. The van der Waals surface area contributed by atoms with Gasteiger partial charge in [0.2, 0.25) is 0 Å². The van der Waals surface area contributed by atoms with Gasteiger partial charge in [-0.25, -0.2) is 0 Å². The number of unbranched alkanes of at least 4 members (excludes halogenated alkanes) is 27. The third kappa shape index (κ3) is 49.6. The highest BCUT2D eigenvalue weighted by Gasteiger charge is 2.19. The molecule has 0 aromatic rings. The third-order valence-electron chi connectivity index (χ3n) is 11.3. The maximum absolute atomic E-state index is 12.8. The minimum atomic E-state index is -0.803. The number of carbonyl (C=O) groups excluding carboxylic acids is 3. The van der Waals surface area contributed by atoms with Gasteiger partial charge in [-0.15, -0.1) is 0 Å². The SMILES string of the molecule is CC\C=C/C=C\C=C/C=C\C=C/CCCCCC(=O)OC(COC(=O)CCCCCCC/C=C\C=C/CCCCCCCCC)COC(=O)CCCCCCCCCCCCCCC. The number of hydrogen-bond acceptors (Lipinski definition) is 6. The minimum Gasteiger partial charge on any atom is -0.462 e. The molecule has 1 atom stereocenters. The van der Waals surface area contributed by atoms with Crippen LogP contribution < -0.4 is 0 Å². The van der Waals surface area contributed by atoms with E-state index in [1.54, 1.807) is 0 Å². The fourth-order valence-electron chi connectivity index (χ4n) is 7.28. The lowest BCUT2D eigenvalue weighted by molar-refractivity contribution is -0.167. The third-order valence-corrected chi connectivity index (χ3v) is 11.3. The molecule has 0 N–H and O–H groups in total. The molecular formula is C58H98O6. The van der Waals surface area contributed by atoms with Gasteiger partial charge in [-0.3, -0.25) is 14.4 Å². The molecule has 0 saturated heterocycles. The average molecular weight is 891 g/mol. The van der Waals surface area contributed by atoms with Gasteiger partial charge in [-0.2, -0.15) is 0 Å². The number of hydrogen-bond donors (Lipinski definition) is 0. The van der Waals surface area contributed by atoms with Crippen LogP contribution in [0.1, 0.15) is 245 Å². The zero-order valence-corrected chi connectivity index (χ0v) is 41.8. The molecule has 0 aromatic carbocycles. The molecule has 0 rings (SSSR count). The summed E-state index contributed by atoms with van der Waals surface area (Å²) < 4.78 is 16.8. The fraction of sp³-hybridized carbons (Fsp3) is 0.707. The fourth-order valence-corrected chi connectivity index (χ4v) is 7.28. The summed E-state index contributed by atoms with van der Waals surface area (Å²) in [4.78, 5) is 38.0. The molecule has 0 heterocycles. The van der Waals surface area contributed by atoms with Crippen LogP contribution in [0.15, 0.2) is 85.1 Å². The van der Waals surface area contributed by atoms with Gasteiger partial charge in [-0.1, -0.05) is 247 Å². The second-order valence-electron chi connectivity index (χ2n) is 17.6. The largest absolute Gasteiger partial charge is 0.462 e. The zero-order chi connectivity index (χ0) is 46.5. The quantitative estimate of drug-likeness (QED) is 0.0262. The van der Waals surface area contributed by atoms with Gasteiger partial charge in [-0.05, 0) is 64.2 Å². The number of carbonyl (C=O) groups is 3. The molecule has 0 amide bonds. The summed E-state index contributed by atoms with van der Waals surface area (Å²) in [7, 11) is 0. The monoisotopic (exact) mass is 891 g/mol. The van der Waals surface area contributed by atoms with E-state index >= 15 is 0 Å². The highest BCUT2D eigenvalue weighted by molar-refractivity contribution is 5.71. The highest BCUT2D eigenvalue weighted by Crippen LogP contribution is 2.15. The topological polar surface area (TPSA) is 78.9 Å². The summed E-state index contributed by atoms with van der Waals surface area (Å²) in [5, 5.41) is 0. The Kier molecular flexibility index (Phi) is 49.4. The van der Waals surface area contributed by atoms with Gasteiger partial charge in [0.1, 0.15) is 13.2 Å². The van der Waals surface area contributed by atoms with Gasteiger partial charge in [0.25, 0.3) is 0 Å². The molecule has 366 valence electrons. The van der Waals surface area contributed by atoms with Crippen LogP contribution in [-0.2, 0) is 28.6 Å². The van der Waals surface area contributed by atoms with Crippen LogP contribution in [0.2, 0.25) is 0 Å². The first kappa shape index (κ1) is 60.6. The van der Waals surface area contributed by atoms with Crippen molar-refractivity contribution in [3.05, 3.63) is 85.1 Å². The number of rotatable bonds is 47. The molecule has 0 aliphatic heterocycles. The van der Waals surface area contributed by atoms with E-state index in [0.29, 0.717) is 19.3 Å². The van der Waals surface area contributed by atoms with E-state index in [-0.39, 0.29) is 37.5 Å². The summed E-state index contributed by atoms with van der Waals surface area (Å²) in [5.41, 5.74) is 0. The molecule has 0 aliphatic rings. The molecule has 6 heteroatoms. The van der Waals surface area contributed by atoms with Crippen molar-refractivity contribution in [2.24, 2.45) is 0 Å². The Hall–Kier alpha value is -3.41. The Morgan fingerprint density at radius 3 is 0.984 bits per heavy atom. The average Bonchev–Trinajstić information content (AvgIpc) is 3.29. The second kappa shape index (κ2) is 52.2. The smallest absolute Gasteiger partial charge is 0.306 e. The van der Waals surface area contributed by atoms with Crippen molar-refractivity contribution in [1.29, 1.82) is 0 Å². The Bertz CT molecular complexity index is 1250. The lowest BCUT2D eigenvalue weighted by Gasteiger charge is -2.18. The van der Waals surface area contributed by atoms with Crippen molar-refractivity contribution in [1.82, 2.24) is 0 Å². The molecular weight excluding hydrogens is 793 g/mol. The zero-order valence-electron chi connectivity index (χ0n) is 41.8. The highest BCUT2D eigenvalue weighted by atomic mass is 16.6. The summed E-state index contributed by atoms with van der Waals surface area (Å²) in [5.74, 6) is -0.953. The molecule has 0 radical (unpaired) electrons. The standard InChI is InChI=1S/C58H98O6/c1-4-7-10-13-16-19-22-25-27-28-29-31-33-36-39-42-45-48-51-57(60)63-54-55(53-62-56(59)50-47-44-41-38-35-32-24-21-18-15-12-9-6-3)64-58(61)52-49-46-43-40-37-34-30-26-23-20-17-14-11-8-5-2/h8,11,14,17,20,23,26-31,34,37,55H,4-7,9-10,12-13,15-16,18-19,21-22,24-25,32-33,35-36,38-54H2,1-3H3/b11-8-,17-14-,23-20-,28-27-,30-26-,31-29-,37-34-. The Labute approximate surface area is 395 Å². The van der Waals surface area contributed by atoms with E-state index in [9.17, 15) is 14.4 Å². The molecule has 0 bridgehead atoms. The molecule has 0 aromatic heterocycles. The summed E-state index contributed by atoms with van der Waals surface area (Å²) in [6.07, 6.45) is 67.1. The number of ether oxygens (including phenoxy) is 3. The molecule has 0 saturated carbocycles. The van der Waals surface area contributed by atoms with E-state index in [4.69, 9.17) is 14.2 Å². The van der Waals surface area contributed by atoms with Crippen molar-refractivity contribution < 1.29 is 28.6 Å². The van der Waals surface area contributed by atoms with Gasteiger partial charge in [0.05, 0.1) is 0 Å². The van der Waals surface area contributed by atoms with Crippen LogP contribution in [0.4, 0.5) is 0 Å². The molecule has 1 unspecified atom stereocenters. The maximum atomic E-state index is 12.8.